The van der Waals surface area contributed by atoms with Crippen molar-refractivity contribution in [2.45, 2.75) is 19.6 Å². The van der Waals surface area contributed by atoms with E-state index in [1.807, 2.05) is 6.92 Å². The summed E-state index contributed by atoms with van der Waals surface area (Å²) in [5.41, 5.74) is 1.38. The molecule has 0 bridgehead atoms. The number of aryl methyl sites for hydroxylation is 1. The lowest BCUT2D eigenvalue weighted by Crippen LogP contribution is -2.10. The van der Waals surface area contributed by atoms with Crippen LogP contribution in [0.5, 0.6) is 5.88 Å². The summed E-state index contributed by atoms with van der Waals surface area (Å²) in [7, 11) is 1.54. The van der Waals surface area contributed by atoms with Gasteiger partial charge in [-0.1, -0.05) is 0 Å². The van der Waals surface area contributed by atoms with Gasteiger partial charge in [0.2, 0.25) is 5.88 Å². The van der Waals surface area contributed by atoms with Gasteiger partial charge in [-0.15, -0.1) is 0 Å². The molecule has 1 unspecified atom stereocenters. The Morgan fingerprint density at radius 3 is 2.94 bits per heavy atom. The highest BCUT2D eigenvalue weighted by molar-refractivity contribution is 5.32. The van der Waals surface area contributed by atoms with Crippen molar-refractivity contribution in [1.29, 1.82) is 0 Å². The number of aromatic nitrogens is 3. The minimum absolute atomic E-state index is 0.434. The van der Waals surface area contributed by atoms with Crippen molar-refractivity contribution in [3.05, 3.63) is 41.9 Å². The molecule has 0 amide bonds. The molecule has 0 aliphatic carbocycles. The monoisotopic (exact) mass is 233 g/mol. The van der Waals surface area contributed by atoms with Crippen molar-refractivity contribution in [2.24, 2.45) is 0 Å². The number of rotatable bonds is 4. The lowest BCUT2D eigenvalue weighted by atomic mass is 10.1. The van der Waals surface area contributed by atoms with Crippen molar-refractivity contribution >= 4 is 0 Å². The van der Waals surface area contributed by atoms with E-state index >= 15 is 0 Å². The number of ether oxygens (including phenoxy) is 1. The van der Waals surface area contributed by atoms with Crippen LogP contribution in [0, 0.1) is 0 Å². The first-order valence-corrected chi connectivity index (χ1v) is 5.46. The zero-order chi connectivity index (χ0) is 12.3. The van der Waals surface area contributed by atoms with Gasteiger partial charge in [-0.3, -0.25) is 4.68 Å². The third-order valence-electron chi connectivity index (χ3n) is 2.62. The van der Waals surface area contributed by atoms with E-state index in [2.05, 4.69) is 10.1 Å². The number of aliphatic hydroxyl groups is 1. The van der Waals surface area contributed by atoms with Gasteiger partial charge in [-0.2, -0.15) is 5.10 Å². The summed E-state index contributed by atoms with van der Waals surface area (Å²) < 4.78 is 6.88. The first-order valence-electron chi connectivity index (χ1n) is 5.46. The summed E-state index contributed by atoms with van der Waals surface area (Å²) in [4.78, 5) is 4.07. The molecule has 1 atom stereocenters. The third-order valence-corrected chi connectivity index (χ3v) is 2.62. The Bertz CT molecular complexity index is 496. The Kier molecular flexibility index (Phi) is 3.39. The molecule has 0 spiro atoms. The standard InChI is InChI=1S/C12H15N3O2/c1-3-15-10(6-8-14-15)11(16)9-5-4-7-13-12(9)17-2/h4-8,11,16H,3H2,1-2H3. The molecule has 2 aromatic heterocycles. The number of hydrogen-bond acceptors (Lipinski definition) is 4. The van der Waals surface area contributed by atoms with Gasteiger partial charge in [0.1, 0.15) is 6.10 Å². The van der Waals surface area contributed by atoms with Gasteiger partial charge in [0.15, 0.2) is 0 Å². The third kappa shape index (κ3) is 2.14. The largest absolute Gasteiger partial charge is 0.481 e. The molecule has 2 rings (SSSR count). The average molecular weight is 233 g/mol. The minimum atomic E-state index is -0.777. The van der Waals surface area contributed by atoms with Crippen molar-refractivity contribution in [3.8, 4) is 5.88 Å². The molecule has 0 fully saturated rings. The maximum atomic E-state index is 10.3. The molecule has 0 saturated heterocycles. The molecule has 0 saturated carbocycles. The number of methoxy groups -OCH3 is 1. The van der Waals surface area contributed by atoms with Gasteiger partial charge < -0.3 is 9.84 Å². The fraction of sp³-hybridized carbons (Fsp3) is 0.333. The van der Waals surface area contributed by atoms with Crippen molar-refractivity contribution in [2.75, 3.05) is 7.11 Å². The van der Waals surface area contributed by atoms with Crippen LogP contribution in [-0.4, -0.2) is 27.0 Å². The molecule has 2 aromatic rings. The predicted molar refractivity (Wildman–Crippen MR) is 62.8 cm³/mol. The van der Waals surface area contributed by atoms with E-state index in [1.54, 1.807) is 35.3 Å². The average Bonchev–Trinajstić information content (AvgIpc) is 2.86. The highest BCUT2D eigenvalue weighted by atomic mass is 16.5. The highest BCUT2D eigenvalue weighted by Gasteiger charge is 2.19. The van der Waals surface area contributed by atoms with E-state index in [1.165, 1.54) is 7.11 Å². The van der Waals surface area contributed by atoms with E-state index in [0.29, 0.717) is 18.0 Å². The lowest BCUT2D eigenvalue weighted by molar-refractivity contribution is 0.201. The summed E-state index contributed by atoms with van der Waals surface area (Å²) in [6.45, 7) is 2.69. The van der Waals surface area contributed by atoms with Gasteiger partial charge in [0, 0.05) is 24.5 Å². The maximum Gasteiger partial charge on any atom is 0.219 e. The van der Waals surface area contributed by atoms with Gasteiger partial charge in [-0.05, 0) is 25.1 Å². The topological polar surface area (TPSA) is 60.2 Å². The van der Waals surface area contributed by atoms with E-state index in [4.69, 9.17) is 4.74 Å². The van der Waals surface area contributed by atoms with Gasteiger partial charge >= 0.3 is 0 Å². The van der Waals surface area contributed by atoms with Crippen molar-refractivity contribution in [1.82, 2.24) is 14.8 Å². The maximum absolute atomic E-state index is 10.3. The molecule has 90 valence electrons. The van der Waals surface area contributed by atoms with E-state index < -0.39 is 6.10 Å². The summed E-state index contributed by atoms with van der Waals surface area (Å²) in [6, 6.07) is 5.36. The second-order valence-corrected chi connectivity index (χ2v) is 3.58. The first kappa shape index (κ1) is 11.6. The first-order chi connectivity index (χ1) is 8.27. The molecule has 2 heterocycles. The Morgan fingerprint density at radius 1 is 1.41 bits per heavy atom. The quantitative estimate of drug-likeness (QED) is 0.866. The van der Waals surface area contributed by atoms with Gasteiger partial charge in [-0.25, -0.2) is 4.98 Å². The van der Waals surface area contributed by atoms with E-state index in [0.717, 1.165) is 5.69 Å². The predicted octanol–water partition coefficient (Wildman–Crippen LogP) is 1.39. The zero-order valence-electron chi connectivity index (χ0n) is 9.87. The fourth-order valence-corrected chi connectivity index (χ4v) is 1.78. The molecular weight excluding hydrogens is 218 g/mol. The number of pyridine rings is 1. The normalized spacial score (nSPS) is 12.4. The Hall–Kier alpha value is -1.88. The van der Waals surface area contributed by atoms with Crippen LogP contribution in [0.4, 0.5) is 0 Å². The van der Waals surface area contributed by atoms with Crippen LogP contribution >= 0.6 is 0 Å². The zero-order valence-corrected chi connectivity index (χ0v) is 9.87. The molecule has 0 aliphatic heterocycles. The highest BCUT2D eigenvalue weighted by Crippen LogP contribution is 2.27. The number of nitrogens with zero attached hydrogens (tertiary/aromatic N) is 3. The smallest absolute Gasteiger partial charge is 0.219 e. The van der Waals surface area contributed by atoms with E-state index in [9.17, 15) is 5.11 Å². The molecule has 0 radical (unpaired) electrons. The minimum Gasteiger partial charge on any atom is -0.481 e. The lowest BCUT2D eigenvalue weighted by Gasteiger charge is -2.14. The van der Waals surface area contributed by atoms with Crippen LogP contribution < -0.4 is 4.74 Å². The van der Waals surface area contributed by atoms with Gasteiger partial charge in [0.25, 0.3) is 0 Å². The summed E-state index contributed by atoms with van der Waals surface area (Å²) in [6.07, 6.45) is 2.53. The summed E-state index contributed by atoms with van der Waals surface area (Å²) in [5, 5.41) is 14.5. The SMILES string of the molecule is CCn1nccc1C(O)c1cccnc1OC. The molecule has 0 aliphatic rings. The van der Waals surface area contributed by atoms with Crippen molar-refractivity contribution < 1.29 is 9.84 Å². The van der Waals surface area contributed by atoms with Crippen molar-refractivity contribution in [3.63, 3.8) is 0 Å². The summed E-state index contributed by atoms with van der Waals surface area (Å²) in [5.74, 6) is 0.434. The van der Waals surface area contributed by atoms with Crippen LogP contribution in [0.1, 0.15) is 24.3 Å². The molecule has 1 N–H and O–H groups in total. The van der Waals surface area contributed by atoms with Gasteiger partial charge in [0.05, 0.1) is 12.8 Å². The number of aliphatic hydroxyl groups excluding tert-OH is 1. The molecule has 5 nitrogen and oxygen atoms in total. The Labute approximate surface area is 99.7 Å². The Balaban J connectivity index is 2.40. The molecular formula is C12H15N3O2. The molecule has 5 heteroatoms. The molecule has 0 aromatic carbocycles. The number of hydrogen-bond donors (Lipinski definition) is 1. The fourth-order valence-electron chi connectivity index (χ4n) is 1.78. The Morgan fingerprint density at radius 2 is 2.24 bits per heavy atom. The van der Waals surface area contributed by atoms with Crippen LogP contribution in [0.3, 0.4) is 0 Å². The summed E-state index contributed by atoms with van der Waals surface area (Å²) >= 11 is 0. The van der Waals surface area contributed by atoms with Crippen LogP contribution in [-0.2, 0) is 6.54 Å². The van der Waals surface area contributed by atoms with Crippen LogP contribution in [0.25, 0.3) is 0 Å². The van der Waals surface area contributed by atoms with E-state index in [-0.39, 0.29) is 0 Å². The molecule has 17 heavy (non-hydrogen) atoms. The van der Waals surface area contributed by atoms with Crippen LogP contribution in [0.2, 0.25) is 0 Å². The second kappa shape index (κ2) is 4.97. The van der Waals surface area contributed by atoms with Crippen LogP contribution in [0.15, 0.2) is 30.6 Å². The second-order valence-electron chi connectivity index (χ2n) is 3.58.